The molecule has 0 unspecified atom stereocenters. The summed E-state index contributed by atoms with van der Waals surface area (Å²) in [7, 11) is 0. The molecule has 0 saturated heterocycles. The van der Waals surface area contributed by atoms with Gasteiger partial charge in [-0.05, 0) is 68.4 Å². The molecule has 3 heteroatoms. The number of carbonyl (C=O) groups is 1. The molecular formula is C18H21NOS. The zero-order valence-corrected chi connectivity index (χ0v) is 13.5. The van der Waals surface area contributed by atoms with Gasteiger partial charge in [-0.2, -0.15) is 0 Å². The van der Waals surface area contributed by atoms with E-state index in [-0.39, 0.29) is 5.91 Å². The van der Waals surface area contributed by atoms with Crippen LogP contribution in [-0.4, -0.2) is 5.91 Å². The number of carbonyl (C=O) groups excluding carboxylic acids is 1. The van der Waals surface area contributed by atoms with Gasteiger partial charge in [-0.15, -0.1) is 11.3 Å². The molecule has 1 aromatic carbocycles. The van der Waals surface area contributed by atoms with E-state index in [1.165, 1.54) is 35.3 Å². The fraction of sp³-hybridized carbons (Fsp3) is 0.389. The predicted octanol–water partition coefficient (Wildman–Crippen LogP) is 4.89. The van der Waals surface area contributed by atoms with E-state index in [0.29, 0.717) is 0 Å². The summed E-state index contributed by atoms with van der Waals surface area (Å²) >= 11 is 1.67. The second-order valence-corrected chi connectivity index (χ2v) is 6.96. The Labute approximate surface area is 130 Å². The Morgan fingerprint density at radius 2 is 1.95 bits per heavy atom. The smallest absolute Gasteiger partial charge is 0.265 e. The van der Waals surface area contributed by atoms with E-state index in [1.54, 1.807) is 11.3 Å². The summed E-state index contributed by atoms with van der Waals surface area (Å²) in [6, 6.07) is 8.13. The topological polar surface area (TPSA) is 29.1 Å². The summed E-state index contributed by atoms with van der Waals surface area (Å²) in [5, 5.41) is 3.06. The molecule has 1 heterocycles. The molecule has 3 rings (SSSR count). The van der Waals surface area contributed by atoms with Crippen LogP contribution in [0.2, 0.25) is 0 Å². The van der Waals surface area contributed by atoms with E-state index in [0.717, 1.165) is 29.0 Å². The lowest BCUT2D eigenvalue weighted by atomic mass is 10.1. The van der Waals surface area contributed by atoms with Crippen molar-refractivity contribution in [1.82, 2.24) is 0 Å². The van der Waals surface area contributed by atoms with Gasteiger partial charge >= 0.3 is 0 Å². The average molecular weight is 299 g/mol. The van der Waals surface area contributed by atoms with Crippen LogP contribution in [0.4, 0.5) is 5.69 Å². The van der Waals surface area contributed by atoms with Gasteiger partial charge in [0.2, 0.25) is 0 Å². The molecule has 110 valence electrons. The number of anilines is 1. The number of aryl methyl sites for hydroxylation is 3. The highest BCUT2D eigenvalue weighted by Crippen LogP contribution is 2.29. The number of nitrogens with one attached hydrogen (secondary N) is 1. The number of hydrogen-bond acceptors (Lipinski definition) is 2. The standard InChI is InChI=1S/C18H21NOS/c1-12-7-6-9-15(13(12)2)19-18(20)17-11-14-8-4-3-5-10-16(14)21-17/h6-7,9,11H,3-5,8,10H2,1-2H3,(H,19,20). The summed E-state index contributed by atoms with van der Waals surface area (Å²) in [5.74, 6) is 0.0294. The molecule has 2 aromatic rings. The van der Waals surface area contributed by atoms with Crippen molar-refractivity contribution in [1.29, 1.82) is 0 Å². The van der Waals surface area contributed by atoms with E-state index in [4.69, 9.17) is 0 Å². The van der Waals surface area contributed by atoms with Crippen LogP contribution in [0.25, 0.3) is 0 Å². The van der Waals surface area contributed by atoms with E-state index in [2.05, 4.69) is 31.3 Å². The molecule has 0 atom stereocenters. The maximum atomic E-state index is 12.5. The van der Waals surface area contributed by atoms with Crippen molar-refractivity contribution in [3.63, 3.8) is 0 Å². The Hall–Kier alpha value is -1.61. The Morgan fingerprint density at radius 1 is 1.14 bits per heavy atom. The van der Waals surface area contributed by atoms with Gasteiger partial charge in [-0.1, -0.05) is 18.6 Å². The summed E-state index contributed by atoms with van der Waals surface area (Å²) in [6.07, 6.45) is 6.08. The van der Waals surface area contributed by atoms with Crippen LogP contribution in [0.15, 0.2) is 24.3 Å². The molecule has 21 heavy (non-hydrogen) atoms. The third-order valence-electron chi connectivity index (χ3n) is 4.32. The van der Waals surface area contributed by atoms with Gasteiger partial charge in [-0.3, -0.25) is 4.79 Å². The Bertz CT molecular complexity index is 648. The average Bonchev–Trinajstić information content (AvgIpc) is 2.75. The first-order valence-corrected chi connectivity index (χ1v) is 8.46. The van der Waals surface area contributed by atoms with Crippen LogP contribution in [0.5, 0.6) is 0 Å². The van der Waals surface area contributed by atoms with Crippen LogP contribution >= 0.6 is 11.3 Å². The van der Waals surface area contributed by atoms with Crippen molar-refractivity contribution in [2.75, 3.05) is 5.32 Å². The fourth-order valence-corrected chi connectivity index (χ4v) is 4.00. The van der Waals surface area contributed by atoms with Crippen LogP contribution < -0.4 is 5.32 Å². The minimum absolute atomic E-state index is 0.0294. The van der Waals surface area contributed by atoms with Gasteiger partial charge < -0.3 is 5.32 Å². The number of benzene rings is 1. The molecule has 0 aliphatic heterocycles. The third-order valence-corrected chi connectivity index (χ3v) is 5.56. The molecule has 1 amide bonds. The quantitative estimate of drug-likeness (QED) is 0.786. The van der Waals surface area contributed by atoms with Gasteiger partial charge in [-0.25, -0.2) is 0 Å². The van der Waals surface area contributed by atoms with Gasteiger partial charge in [0.25, 0.3) is 5.91 Å². The zero-order chi connectivity index (χ0) is 14.8. The maximum absolute atomic E-state index is 12.5. The lowest BCUT2D eigenvalue weighted by Crippen LogP contribution is -2.11. The zero-order valence-electron chi connectivity index (χ0n) is 12.7. The first-order valence-electron chi connectivity index (χ1n) is 7.64. The van der Waals surface area contributed by atoms with Crippen LogP contribution in [0.3, 0.4) is 0 Å². The van der Waals surface area contributed by atoms with E-state index in [9.17, 15) is 4.79 Å². The molecule has 1 aliphatic rings. The predicted molar refractivity (Wildman–Crippen MR) is 89.4 cm³/mol. The second kappa shape index (κ2) is 6.02. The first-order chi connectivity index (χ1) is 10.1. The lowest BCUT2D eigenvalue weighted by Gasteiger charge is -2.09. The van der Waals surface area contributed by atoms with Crippen molar-refractivity contribution in [2.45, 2.75) is 46.0 Å². The summed E-state index contributed by atoms with van der Waals surface area (Å²) in [5.41, 5.74) is 4.66. The van der Waals surface area contributed by atoms with Gasteiger partial charge in [0, 0.05) is 10.6 Å². The third kappa shape index (κ3) is 3.03. The fourth-order valence-electron chi connectivity index (χ4n) is 2.85. The number of hydrogen-bond donors (Lipinski definition) is 1. The van der Waals surface area contributed by atoms with Crippen molar-refractivity contribution in [3.05, 3.63) is 50.7 Å². The number of rotatable bonds is 2. The Balaban J connectivity index is 1.81. The van der Waals surface area contributed by atoms with Crippen LogP contribution in [-0.2, 0) is 12.8 Å². The molecule has 0 fully saturated rings. The second-order valence-electron chi connectivity index (χ2n) is 5.82. The Morgan fingerprint density at radius 3 is 2.81 bits per heavy atom. The number of thiophene rings is 1. The molecule has 2 nitrogen and oxygen atoms in total. The molecule has 0 saturated carbocycles. The molecule has 0 spiro atoms. The highest BCUT2D eigenvalue weighted by Gasteiger charge is 2.17. The molecule has 0 radical (unpaired) electrons. The van der Waals surface area contributed by atoms with Gasteiger partial charge in [0.15, 0.2) is 0 Å². The van der Waals surface area contributed by atoms with E-state index in [1.807, 2.05) is 12.1 Å². The largest absolute Gasteiger partial charge is 0.321 e. The summed E-state index contributed by atoms with van der Waals surface area (Å²) in [4.78, 5) is 14.7. The van der Waals surface area contributed by atoms with Crippen molar-refractivity contribution in [3.8, 4) is 0 Å². The lowest BCUT2D eigenvalue weighted by molar-refractivity contribution is 0.103. The summed E-state index contributed by atoms with van der Waals surface area (Å²) in [6.45, 7) is 4.12. The van der Waals surface area contributed by atoms with Crippen molar-refractivity contribution in [2.24, 2.45) is 0 Å². The summed E-state index contributed by atoms with van der Waals surface area (Å²) < 4.78 is 0. The van der Waals surface area contributed by atoms with Crippen LogP contribution in [0, 0.1) is 13.8 Å². The minimum Gasteiger partial charge on any atom is -0.321 e. The Kier molecular flexibility index (Phi) is 4.11. The molecule has 1 N–H and O–H groups in total. The molecule has 1 aliphatic carbocycles. The normalized spacial score (nSPS) is 14.4. The van der Waals surface area contributed by atoms with E-state index < -0.39 is 0 Å². The van der Waals surface area contributed by atoms with E-state index >= 15 is 0 Å². The highest BCUT2D eigenvalue weighted by molar-refractivity contribution is 7.14. The molecule has 0 bridgehead atoms. The van der Waals surface area contributed by atoms with Crippen molar-refractivity contribution >= 4 is 22.9 Å². The van der Waals surface area contributed by atoms with Crippen molar-refractivity contribution < 1.29 is 4.79 Å². The highest BCUT2D eigenvalue weighted by atomic mass is 32.1. The van der Waals surface area contributed by atoms with Crippen LogP contribution in [0.1, 0.15) is 50.5 Å². The van der Waals surface area contributed by atoms with Gasteiger partial charge in [0.05, 0.1) is 4.88 Å². The number of amides is 1. The minimum atomic E-state index is 0.0294. The molecular weight excluding hydrogens is 278 g/mol. The molecule has 1 aromatic heterocycles. The SMILES string of the molecule is Cc1cccc(NC(=O)c2cc3c(s2)CCCCC3)c1C. The monoisotopic (exact) mass is 299 g/mol. The van der Waals surface area contributed by atoms with Gasteiger partial charge in [0.1, 0.15) is 0 Å². The number of fused-ring (bicyclic) bond motifs is 1. The first kappa shape index (κ1) is 14.3. The maximum Gasteiger partial charge on any atom is 0.265 e.